The van der Waals surface area contributed by atoms with Crippen LogP contribution in [0.15, 0.2) is 10.6 Å². The summed E-state index contributed by atoms with van der Waals surface area (Å²) in [5.74, 6) is 0.736. The van der Waals surface area contributed by atoms with E-state index in [9.17, 15) is 0 Å². The van der Waals surface area contributed by atoms with E-state index < -0.39 is 0 Å². The first kappa shape index (κ1) is 18.1. The molecule has 0 unspecified atom stereocenters. The summed E-state index contributed by atoms with van der Waals surface area (Å²) >= 11 is 0. The molecule has 0 spiro atoms. The maximum absolute atomic E-state index is 5.47. The molecule has 6 nitrogen and oxygen atoms in total. The summed E-state index contributed by atoms with van der Waals surface area (Å²) < 4.78 is 21.0. The van der Waals surface area contributed by atoms with Gasteiger partial charge in [-0.05, 0) is 27.2 Å². The van der Waals surface area contributed by atoms with Gasteiger partial charge in [0.05, 0.1) is 18.9 Å². The molecule has 1 aromatic rings. The Morgan fingerprint density at radius 2 is 1.90 bits per heavy atom. The molecule has 0 aromatic carbocycles. The average molecular weight is 300 g/mol. The van der Waals surface area contributed by atoms with E-state index in [1.165, 1.54) is 0 Å². The van der Waals surface area contributed by atoms with Gasteiger partial charge >= 0.3 is 0 Å². The number of nitrogens with one attached hydrogen (secondary N) is 1. The summed E-state index contributed by atoms with van der Waals surface area (Å²) in [4.78, 5) is 0. The Bertz CT molecular complexity index is 374. The molecule has 0 aliphatic rings. The first-order valence-electron chi connectivity index (χ1n) is 7.35. The number of methoxy groups -OCH3 is 1. The molecule has 0 amide bonds. The molecule has 0 bridgehead atoms. The molecular formula is C15H28N2O4. The highest BCUT2D eigenvalue weighted by Crippen LogP contribution is 2.07. The van der Waals surface area contributed by atoms with Crippen LogP contribution in [-0.2, 0) is 27.4 Å². The minimum atomic E-state index is 0.0652. The van der Waals surface area contributed by atoms with E-state index in [0.29, 0.717) is 33.0 Å². The van der Waals surface area contributed by atoms with Crippen molar-refractivity contribution in [3.63, 3.8) is 0 Å². The second-order valence-corrected chi connectivity index (χ2v) is 5.90. The molecule has 1 aromatic heterocycles. The summed E-state index contributed by atoms with van der Waals surface area (Å²) in [7, 11) is 1.69. The lowest BCUT2D eigenvalue weighted by Crippen LogP contribution is -2.35. The normalized spacial score (nSPS) is 12.0. The van der Waals surface area contributed by atoms with Crippen molar-refractivity contribution in [2.24, 2.45) is 0 Å². The van der Waals surface area contributed by atoms with Crippen molar-refractivity contribution in [2.45, 2.75) is 45.9 Å². The molecule has 0 radical (unpaired) electrons. The van der Waals surface area contributed by atoms with Crippen LogP contribution < -0.4 is 5.32 Å². The van der Waals surface area contributed by atoms with Gasteiger partial charge < -0.3 is 24.1 Å². The number of rotatable bonds is 11. The topological polar surface area (TPSA) is 65.8 Å². The lowest BCUT2D eigenvalue weighted by Gasteiger charge is -2.19. The maximum Gasteiger partial charge on any atom is 0.162 e. The molecule has 0 atom stereocenters. The van der Waals surface area contributed by atoms with E-state index in [4.69, 9.17) is 18.7 Å². The number of nitrogens with zero attached hydrogens (tertiary/aromatic N) is 1. The highest BCUT2D eigenvalue weighted by molar-refractivity contribution is 5.04. The average Bonchev–Trinajstić information content (AvgIpc) is 2.87. The number of hydrogen-bond donors (Lipinski definition) is 1. The summed E-state index contributed by atoms with van der Waals surface area (Å²) in [6, 6.07) is 1.91. The standard InChI is InChI=1S/C15H28N2O4/c1-15(2,3)16-11-13-10-14(21-17-13)12-20-9-8-19-7-5-6-18-4/h10,16H,5-9,11-12H2,1-4H3. The molecule has 0 fully saturated rings. The molecule has 0 aliphatic carbocycles. The zero-order valence-electron chi connectivity index (χ0n) is 13.6. The number of aromatic nitrogens is 1. The van der Waals surface area contributed by atoms with Crippen LogP contribution in [0.1, 0.15) is 38.6 Å². The van der Waals surface area contributed by atoms with Gasteiger partial charge in [-0.1, -0.05) is 5.16 Å². The van der Waals surface area contributed by atoms with E-state index in [1.54, 1.807) is 7.11 Å². The van der Waals surface area contributed by atoms with Gasteiger partial charge in [0.15, 0.2) is 5.76 Å². The second kappa shape index (κ2) is 9.89. The first-order chi connectivity index (χ1) is 10.0. The van der Waals surface area contributed by atoms with E-state index >= 15 is 0 Å². The largest absolute Gasteiger partial charge is 0.385 e. The second-order valence-electron chi connectivity index (χ2n) is 5.90. The molecule has 1 heterocycles. The minimum Gasteiger partial charge on any atom is -0.385 e. The maximum atomic E-state index is 5.47. The molecule has 6 heteroatoms. The third-order valence-electron chi connectivity index (χ3n) is 2.66. The Balaban J connectivity index is 2.06. The van der Waals surface area contributed by atoms with Crippen LogP contribution in [-0.4, -0.2) is 44.2 Å². The highest BCUT2D eigenvalue weighted by atomic mass is 16.5. The van der Waals surface area contributed by atoms with E-state index in [0.717, 1.165) is 24.5 Å². The van der Waals surface area contributed by atoms with E-state index in [2.05, 4.69) is 31.2 Å². The molecule has 1 N–H and O–H groups in total. The Hall–Kier alpha value is -0.950. The number of hydrogen-bond acceptors (Lipinski definition) is 6. The van der Waals surface area contributed by atoms with Crippen LogP contribution in [0.25, 0.3) is 0 Å². The van der Waals surface area contributed by atoms with Crippen LogP contribution in [0.2, 0.25) is 0 Å². The van der Waals surface area contributed by atoms with Gasteiger partial charge in [0.2, 0.25) is 0 Å². The Labute approximate surface area is 127 Å². The predicted molar refractivity (Wildman–Crippen MR) is 80.1 cm³/mol. The van der Waals surface area contributed by atoms with Crippen molar-refractivity contribution in [3.8, 4) is 0 Å². The van der Waals surface area contributed by atoms with Gasteiger partial charge in [-0.2, -0.15) is 0 Å². The summed E-state index contributed by atoms with van der Waals surface area (Å²) in [6.07, 6.45) is 0.905. The fourth-order valence-corrected chi connectivity index (χ4v) is 1.56. The molecular weight excluding hydrogens is 272 g/mol. The molecule has 0 aliphatic heterocycles. The van der Waals surface area contributed by atoms with E-state index in [-0.39, 0.29) is 5.54 Å². The summed E-state index contributed by atoms with van der Waals surface area (Å²) in [6.45, 7) is 10.0. The van der Waals surface area contributed by atoms with Crippen LogP contribution in [0, 0.1) is 0 Å². The third-order valence-corrected chi connectivity index (χ3v) is 2.66. The fourth-order valence-electron chi connectivity index (χ4n) is 1.56. The van der Waals surface area contributed by atoms with Crippen LogP contribution in [0.3, 0.4) is 0 Å². The third kappa shape index (κ3) is 9.57. The fraction of sp³-hybridized carbons (Fsp3) is 0.800. The SMILES string of the molecule is COCCCOCCOCc1cc(CNC(C)(C)C)no1. The Kier molecular flexibility index (Phi) is 8.52. The van der Waals surface area contributed by atoms with Crippen molar-refractivity contribution >= 4 is 0 Å². The molecule has 0 saturated carbocycles. The van der Waals surface area contributed by atoms with Crippen molar-refractivity contribution in [1.29, 1.82) is 0 Å². The smallest absolute Gasteiger partial charge is 0.162 e. The van der Waals surface area contributed by atoms with Gasteiger partial charge in [-0.3, -0.25) is 0 Å². The van der Waals surface area contributed by atoms with Gasteiger partial charge in [-0.15, -0.1) is 0 Å². The summed E-state index contributed by atoms with van der Waals surface area (Å²) in [5, 5.41) is 7.36. The lowest BCUT2D eigenvalue weighted by atomic mass is 10.1. The van der Waals surface area contributed by atoms with Crippen LogP contribution in [0.4, 0.5) is 0 Å². The summed E-state index contributed by atoms with van der Waals surface area (Å²) in [5.41, 5.74) is 0.954. The van der Waals surface area contributed by atoms with Gasteiger partial charge in [0, 0.05) is 38.5 Å². The monoisotopic (exact) mass is 300 g/mol. The van der Waals surface area contributed by atoms with Gasteiger partial charge in [-0.25, -0.2) is 0 Å². The number of ether oxygens (including phenoxy) is 3. The molecule has 0 saturated heterocycles. The zero-order chi connectivity index (χ0) is 15.6. The van der Waals surface area contributed by atoms with Crippen LogP contribution in [0.5, 0.6) is 0 Å². The van der Waals surface area contributed by atoms with Crippen LogP contribution >= 0.6 is 0 Å². The molecule has 122 valence electrons. The predicted octanol–water partition coefficient (Wildman–Crippen LogP) is 2.13. The minimum absolute atomic E-state index is 0.0652. The quantitative estimate of drug-likeness (QED) is 0.632. The highest BCUT2D eigenvalue weighted by Gasteiger charge is 2.11. The van der Waals surface area contributed by atoms with Crippen molar-refractivity contribution in [3.05, 3.63) is 17.5 Å². The molecule has 21 heavy (non-hydrogen) atoms. The lowest BCUT2D eigenvalue weighted by molar-refractivity contribution is 0.0272. The van der Waals surface area contributed by atoms with Gasteiger partial charge in [0.1, 0.15) is 6.61 Å². The van der Waals surface area contributed by atoms with Crippen molar-refractivity contribution in [1.82, 2.24) is 10.5 Å². The van der Waals surface area contributed by atoms with Gasteiger partial charge in [0.25, 0.3) is 0 Å². The first-order valence-corrected chi connectivity index (χ1v) is 7.35. The Morgan fingerprint density at radius 3 is 2.62 bits per heavy atom. The van der Waals surface area contributed by atoms with E-state index in [1.807, 2.05) is 6.07 Å². The van der Waals surface area contributed by atoms with Crippen molar-refractivity contribution in [2.75, 3.05) is 33.5 Å². The molecule has 1 rings (SSSR count). The van der Waals surface area contributed by atoms with Crippen molar-refractivity contribution < 1.29 is 18.7 Å². The zero-order valence-corrected chi connectivity index (χ0v) is 13.6. The Morgan fingerprint density at radius 1 is 1.14 bits per heavy atom.